The monoisotopic (exact) mass is 286 g/mol. The molecule has 0 spiro atoms. The fourth-order valence-corrected chi connectivity index (χ4v) is 1.11. The van der Waals surface area contributed by atoms with Gasteiger partial charge in [0.15, 0.2) is 0 Å². The molecule has 1 heterocycles. The topological polar surface area (TPSA) is 24.4 Å². The minimum absolute atomic E-state index is 0.269. The average molecular weight is 286 g/mol. The van der Waals surface area contributed by atoms with E-state index in [4.69, 9.17) is 11.6 Å². The Morgan fingerprint density at radius 1 is 1.91 bits per heavy atom. The molecular weight excluding hydrogens is 281 g/mol. The third-order valence-electron chi connectivity index (χ3n) is 1.13. The fraction of sp³-hybridized carbons (Fsp3) is 0.167. The molecule has 0 saturated heterocycles. The maximum Gasteiger partial charge on any atom is 0.144 e. The maximum atomic E-state index is 12.8. The Labute approximate surface area is 82.4 Å². The molecule has 11 heavy (non-hydrogen) atoms. The van der Waals surface area contributed by atoms with E-state index in [0.717, 1.165) is 0 Å². The second-order valence-electron chi connectivity index (χ2n) is 1.88. The molecule has 1 N–H and O–H groups in total. The van der Waals surface area contributed by atoms with Gasteiger partial charge in [-0.1, -0.05) is 34.2 Å². The fourth-order valence-electron chi connectivity index (χ4n) is 0.603. The summed E-state index contributed by atoms with van der Waals surface area (Å²) in [6.07, 6.45) is 2.89. The molecule has 0 radical (unpaired) electrons. The van der Waals surface area contributed by atoms with Crippen molar-refractivity contribution >= 4 is 40.4 Å². The van der Waals surface area contributed by atoms with Gasteiger partial charge >= 0.3 is 0 Å². The summed E-state index contributed by atoms with van der Waals surface area (Å²) in [5.41, 5.74) is 0. The molecule has 1 rings (SSSR count). The van der Waals surface area contributed by atoms with Crippen molar-refractivity contribution in [1.82, 2.24) is 5.32 Å². The normalized spacial score (nSPS) is 24.5. The molecule has 0 aromatic rings. The van der Waals surface area contributed by atoms with Gasteiger partial charge in [-0.2, -0.15) is 0 Å². The van der Waals surface area contributed by atoms with E-state index in [9.17, 15) is 4.39 Å². The SMILES string of the molecule is F/C(=C\I)C1C=NC(Cl)=CN1. The third-order valence-corrected chi connectivity index (χ3v) is 1.93. The number of nitrogens with zero attached hydrogens (tertiary/aromatic N) is 1. The van der Waals surface area contributed by atoms with Crippen molar-refractivity contribution in [2.24, 2.45) is 4.99 Å². The molecule has 2 nitrogen and oxygen atoms in total. The van der Waals surface area contributed by atoms with Crippen molar-refractivity contribution < 1.29 is 4.39 Å². The molecule has 1 aliphatic heterocycles. The molecule has 0 aromatic heterocycles. The Hall–Kier alpha value is -0.100. The van der Waals surface area contributed by atoms with Crippen LogP contribution in [0.25, 0.3) is 0 Å². The molecule has 1 unspecified atom stereocenters. The van der Waals surface area contributed by atoms with Gasteiger partial charge in [-0.15, -0.1) is 0 Å². The van der Waals surface area contributed by atoms with Crippen LogP contribution in [0.2, 0.25) is 0 Å². The summed E-state index contributed by atoms with van der Waals surface area (Å²) in [4.78, 5) is 3.74. The van der Waals surface area contributed by atoms with Crippen molar-refractivity contribution in [3.05, 3.63) is 21.3 Å². The average Bonchev–Trinajstić information content (AvgIpc) is 2.05. The second-order valence-corrected chi connectivity index (χ2v) is 2.89. The quantitative estimate of drug-likeness (QED) is 0.580. The summed E-state index contributed by atoms with van der Waals surface area (Å²) in [5.74, 6) is -0.269. The van der Waals surface area contributed by atoms with Crippen LogP contribution in [0.5, 0.6) is 0 Å². The van der Waals surface area contributed by atoms with Crippen LogP contribution >= 0.6 is 34.2 Å². The highest BCUT2D eigenvalue weighted by Gasteiger charge is 2.11. The lowest BCUT2D eigenvalue weighted by Gasteiger charge is -2.12. The Kier molecular flexibility index (Phi) is 3.32. The van der Waals surface area contributed by atoms with Crippen LogP contribution in [0.15, 0.2) is 26.3 Å². The Bertz CT molecular complexity index is 237. The van der Waals surface area contributed by atoms with E-state index < -0.39 is 6.04 Å². The lowest BCUT2D eigenvalue weighted by Crippen LogP contribution is -2.28. The molecule has 1 aliphatic rings. The van der Waals surface area contributed by atoms with Gasteiger partial charge < -0.3 is 5.32 Å². The van der Waals surface area contributed by atoms with Gasteiger partial charge in [0.25, 0.3) is 0 Å². The van der Waals surface area contributed by atoms with Crippen molar-refractivity contribution in [3.63, 3.8) is 0 Å². The van der Waals surface area contributed by atoms with E-state index in [0.29, 0.717) is 5.16 Å². The van der Waals surface area contributed by atoms with E-state index in [1.165, 1.54) is 16.5 Å². The van der Waals surface area contributed by atoms with Crippen LogP contribution in [-0.2, 0) is 0 Å². The van der Waals surface area contributed by atoms with Crippen LogP contribution in [0.4, 0.5) is 4.39 Å². The second kappa shape index (κ2) is 4.06. The molecule has 0 aromatic carbocycles. The van der Waals surface area contributed by atoms with E-state index in [1.54, 1.807) is 0 Å². The lowest BCUT2D eigenvalue weighted by atomic mass is 10.3. The summed E-state index contributed by atoms with van der Waals surface area (Å²) in [7, 11) is 0. The van der Waals surface area contributed by atoms with Gasteiger partial charge in [0, 0.05) is 16.5 Å². The molecule has 0 bridgehead atoms. The van der Waals surface area contributed by atoms with Gasteiger partial charge in [-0.05, 0) is 0 Å². The summed E-state index contributed by atoms with van der Waals surface area (Å²) >= 11 is 7.32. The first-order chi connectivity index (χ1) is 5.24. The van der Waals surface area contributed by atoms with Crippen molar-refractivity contribution in [1.29, 1.82) is 0 Å². The largest absolute Gasteiger partial charge is 0.375 e. The molecule has 60 valence electrons. The zero-order valence-electron chi connectivity index (χ0n) is 5.39. The van der Waals surface area contributed by atoms with Gasteiger partial charge in [-0.3, -0.25) is 0 Å². The van der Waals surface area contributed by atoms with Gasteiger partial charge in [-0.25, -0.2) is 9.38 Å². The molecule has 0 fully saturated rings. The van der Waals surface area contributed by atoms with E-state index in [-0.39, 0.29) is 5.83 Å². The third kappa shape index (κ3) is 2.44. The molecule has 0 aliphatic carbocycles. The maximum absolute atomic E-state index is 12.8. The zero-order chi connectivity index (χ0) is 8.27. The van der Waals surface area contributed by atoms with Crippen molar-refractivity contribution in [3.8, 4) is 0 Å². The molecule has 1 atom stereocenters. The van der Waals surface area contributed by atoms with Crippen LogP contribution in [0.3, 0.4) is 0 Å². The summed E-state index contributed by atoms with van der Waals surface area (Å²) in [6.45, 7) is 0. The Morgan fingerprint density at radius 3 is 3.09 bits per heavy atom. The highest BCUT2D eigenvalue weighted by molar-refractivity contribution is 14.1. The first-order valence-electron chi connectivity index (χ1n) is 2.85. The standard InChI is InChI=1S/C6H5ClFIN2/c7-6-3-10-5(2-11-6)4(8)1-9/h1-3,5,10H/b4-1-. The Morgan fingerprint density at radius 2 is 2.64 bits per heavy atom. The first kappa shape index (κ1) is 8.99. The van der Waals surface area contributed by atoms with E-state index in [2.05, 4.69) is 10.3 Å². The number of halogens is 3. The summed E-state index contributed by atoms with van der Waals surface area (Å²) < 4.78 is 14.1. The van der Waals surface area contributed by atoms with Gasteiger partial charge in [0.05, 0.1) is 0 Å². The van der Waals surface area contributed by atoms with Crippen LogP contribution in [-0.4, -0.2) is 12.3 Å². The predicted octanol–water partition coefficient (Wildman–Crippen LogP) is 2.31. The molecule has 0 amide bonds. The van der Waals surface area contributed by atoms with Gasteiger partial charge in [0.1, 0.15) is 17.0 Å². The number of rotatable bonds is 1. The Balaban J connectivity index is 2.63. The number of hydrogen-bond donors (Lipinski definition) is 1. The predicted molar refractivity (Wildman–Crippen MR) is 52.6 cm³/mol. The van der Waals surface area contributed by atoms with Crippen molar-refractivity contribution in [2.45, 2.75) is 6.04 Å². The first-order valence-corrected chi connectivity index (χ1v) is 4.48. The van der Waals surface area contributed by atoms with E-state index in [1.807, 2.05) is 22.6 Å². The number of aliphatic imine (C=N–C) groups is 1. The van der Waals surface area contributed by atoms with Crippen LogP contribution in [0, 0.1) is 0 Å². The molecule has 0 saturated carbocycles. The summed E-state index contributed by atoms with van der Waals surface area (Å²) in [6, 6.07) is -0.464. The highest BCUT2D eigenvalue weighted by Crippen LogP contribution is 2.11. The highest BCUT2D eigenvalue weighted by atomic mass is 127. The van der Waals surface area contributed by atoms with E-state index >= 15 is 0 Å². The summed E-state index contributed by atoms with van der Waals surface area (Å²) in [5, 5.41) is 3.06. The minimum Gasteiger partial charge on any atom is -0.375 e. The molecular formula is C6H5ClFIN2. The number of hydrogen-bond acceptors (Lipinski definition) is 2. The van der Waals surface area contributed by atoms with Crippen LogP contribution < -0.4 is 5.32 Å². The van der Waals surface area contributed by atoms with Gasteiger partial charge in [0.2, 0.25) is 0 Å². The zero-order valence-corrected chi connectivity index (χ0v) is 8.30. The minimum atomic E-state index is -0.464. The molecule has 5 heteroatoms. The lowest BCUT2D eigenvalue weighted by molar-refractivity contribution is 0.569. The van der Waals surface area contributed by atoms with Crippen molar-refractivity contribution in [2.75, 3.05) is 0 Å². The number of nitrogens with one attached hydrogen (secondary N) is 1. The smallest absolute Gasteiger partial charge is 0.144 e. The van der Waals surface area contributed by atoms with Crippen LogP contribution in [0.1, 0.15) is 0 Å².